The average molecular weight is 910 g/mol. The third-order valence-electron chi connectivity index (χ3n) is 8.00. The zero-order chi connectivity index (χ0) is 43.4. The third kappa shape index (κ3) is 9.94. The van der Waals surface area contributed by atoms with Crippen LogP contribution in [0.2, 0.25) is 0 Å². The normalized spacial score (nSPS) is 12.2. The first-order chi connectivity index (χ1) is 28.4. The molecule has 0 fully saturated rings. The van der Waals surface area contributed by atoms with Crippen LogP contribution in [0.5, 0.6) is 0 Å². The van der Waals surface area contributed by atoms with E-state index in [9.17, 15) is 49.4 Å². The number of benzene rings is 4. The highest BCUT2D eigenvalue weighted by atomic mass is 32.2. The lowest BCUT2D eigenvalue weighted by molar-refractivity contribution is -0.432. The van der Waals surface area contributed by atoms with E-state index in [1.165, 1.54) is 30.3 Å². The number of nitrogens with zero attached hydrogens (tertiary/aromatic N) is 7. The molecule has 6 rings (SSSR count). The van der Waals surface area contributed by atoms with E-state index in [4.69, 9.17) is 5.26 Å². The van der Waals surface area contributed by atoms with E-state index in [1.807, 2.05) is 6.07 Å². The van der Waals surface area contributed by atoms with Crippen LogP contribution >= 0.6 is 23.4 Å². The smallest absolute Gasteiger partial charge is 0.295 e. The molecule has 0 spiro atoms. The van der Waals surface area contributed by atoms with Crippen molar-refractivity contribution in [3.05, 3.63) is 102 Å². The number of rotatable bonds is 14. The Morgan fingerprint density at radius 3 is 1.98 bits per heavy atom. The Bertz CT molecular complexity index is 3150. The molecule has 60 heavy (non-hydrogen) atoms. The van der Waals surface area contributed by atoms with Crippen molar-refractivity contribution in [2.24, 2.45) is 20.5 Å². The summed E-state index contributed by atoms with van der Waals surface area (Å²) in [6, 6.07) is 22.2. The standard InChI is InChI=1S/C34H23N9O12S5/c1-18-27(17-36)32(37-21-7-11-24(12-8-21)58(45,46)47)39-33(38-20-5-9-23(10-6-20)57-55-54-44)31(18)42-43-34-19(16-35)13-30(56-34)41-40-22-14-26-25(29(15-22)60(51,52)53)3-2-4-28(26)59(48,49)50/h2-15,44H,1H3,(H2,37,38,39)(H,45,46,47)(H,48,49,50)(H,51,52,53). The highest BCUT2D eigenvalue weighted by Crippen LogP contribution is 2.42. The molecule has 2 aromatic heterocycles. The molecule has 306 valence electrons. The molecule has 6 N–H and O–H groups in total. The van der Waals surface area contributed by atoms with E-state index >= 15 is 0 Å². The van der Waals surface area contributed by atoms with Crippen molar-refractivity contribution in [3.8, 4) is 12.1 Å². The Morgan fingerprint density at radius 1 is 0.733 bits per heavy atom. The Labute approximate surface area is 347 Å². The maximum Gasteiger partial charge on any atom is 0.295 e. The topological polar surface area (TPSA) is 336 Å². The van der Waals surface area contributed by atoms with Crippen LogP contribution in [0.25, 0.3) is 10.8 Å². The number of nitrogens with one attached hydrogen (secondary N) is 2. The number of azo groups is 2. The van der Waals surface area contributed by atoms with Crippen molar-refractivity contribution in [2.45, 2.75) is 26.5 Å². The highest BCUT2D eigenvalue weighted by Gasteiger charge is 2.22. The van der Waals surface area contributed by atoms with Gasteiger partial charge in [0.25, 0.3) is 30.4 Å². The van der Waals surface area contributed by atoms with Gasteiger partial charge in [-0.2, -0.15) is 35.8 Å². The summed E-state index contributed by atoms with van der Waals surface area (Å²) < 4.78 is 105. The van der Waals surface area contributed by atoms with Crippen LogP contribution in [0, 0.1) is 29.6 Å². The maximum absolute atomic E-state index is 12.2. The first kappa shape index (κ1) is 43.3. The predicted octanol–water partition coefficient (Wildman–Crippen LogP) is 8.83. The summed E-state index contributed by atoms with van der Waals surface area (Å²) in [6.45, 7) is 1.55. The first-order valence-corrected chi connectivity index (χ1v) is 22.0. The van der Waals surface area contributed by atoms with Gasteiger partial charge in [-0.05, 0) is 79.7 Å². The summed E-state index contributed by atoms with van der Waals surface area (Å²) in [5, 5.41) is 54.4. The summed E-state index contributed by atoms with van der Waals surface area (Å²) in [7, 11) is -14.3. The van der Waals surface area contributed by atoms with Gasteiger partial charge in [-0.1, -0.05) is 28.5 Å². The van der Waals surface area contributed by atoms with Gasteiger partial charge in [-0.15, -0.1) is 24.8 Å². The monoisotopic (exact) mass is 909 g/mol. The molecule has 0 bridgehead atoms. The second-order valence-electron chi connectivity index (χ2n) is 11.8. The molecule has 0 amide bonds. The van der Waals surface area contributed by atoms with Gasteiger partial charge < -0.3 is 10.6 Å². The number of hydrogen-bond donors (Lipinski definition) is 6. The first-order valence-electron chi connectivity index (χ1n) is 16.1. The van der Waals surface area contributed by atoms with Gasteiger partial charge in [-0.3, -0.25) is 13.7 Å². The third-order valence-corrected chi connectivity index (χ3v) is 12.2. The van der Waals surface area contributed by atoms with Crippen molar-refractivity contribution >= 4 is 109 Å². The van der Waals surface area contributed by atoms with Crippen molar-refractivity contribution < 1.29 is 53.5 Å². The minimum absolute atomic E-state index is 0.000708. The summed E-state index contributed by atoms with van der Waals surface area (Å²) in [4.78, 5) is 3.38. The molecule has 21 nitrogen and oxygen atoms in total. The van der Waals surface area contributed by atoms with Crippen LogP contribution in [0.15, 0.2) is 125 Å². The molecular formula is C34H23N9O12S5. The fraction of sp³-hybridized carbons (Fsp3) is 0.0294. The average Bonchev–Trinajstić information content (AvgIpc) is 3.60. The highest BCUT2D eigenvalue weighted by molar-refractivity contribution is 7.94. The molecular weight excluding hydrogens is 887 g/mol. The van der Waals surface area contributed by atoms with Crippen molar-refractivity contribution in [1.29, 1.82) is 10.5 Å². The van der Waals surface area contributed by atoms with Gasteiger partial charge in [0.15, 0.2) is 16.6 Å². The summed E-state index contributed by atoms with van der Waals surface area (Å²) in [5.41, 5.74) is 0.769. The second kappa shape index (κ2) is 17.5. The quantitative estimate of drug-likeness (QED) is 0.0195. The fourth-order valence-corrected chi connectivity index (χ4v) is 8.36. The van der Waals surface area contributed by atoms with E-state index in [2.05, 4.69) is 51.5 Å². The Hall–Kier alpha value is -6.27. The molecule has 26 heteroatoms. The van der Waals surface area contributed by atoms with Gasteiger partial charge in [-0.25, -0.2) is 10.2 Å². The summed E-state index contributed by atoms with van der Waals surface area (Å²) in [6.07, 6.45) is 0. The Balaban J connectivity index is 1.39. The minimum atomic E-state index is -4.93. The van der Waals surface area contributed by atoms with Crippen LogP contribution in [-0.4, -0.2) is 49.2 Å². The van der Waals surface area contributed by atoms with Gasteiger partial charge >= 0.3 is 0 Å². The van der Waals surface area contributed by atoms with Crippen molar-refractivity contribution in [1.82, 2.24) is 4.98 Å². The van der Waals surface area contributed by atoms with E-state index in [0.29, 0.717) is 28.3 Å². The van der Waals surface area contributed by atoms with Crippen LogP contribution in [0.4, 0.5) is 44.4 Å². The SMILES string of the molecule is Cc1c(C#N)c(Nc2ccc(S(=O)(=O)O)cc2)nc(Nc2ccc(SOOO)cc2)c1N=Nc1sc(N=Nc2cc(S(=O)(=O)O)c3cccc(S(=O)(=O)O)c3c2)cc1C#N. The maximum atomic E-state index is 12.2. The number of thiophene rings is 1. The molecule has 4 aromatic carbocycles. The molecule has 0 aliphatic rings. The van der Waals surface area contributed by atoms with E-state index in [1.54, 1.807) is 31.2 Å². The van der Waals surface area contributed by atoms with Gasteiger partial charge in [0.05, 0.1) is 33.8 Å². The lowest BCUT2D eigenvalue weighted by Gasteiger charge is -2.16. The molecule has 2 heterocycles. The number of anilines is 4. The predicted molar refractivity (Wildman–Crippen MR) is 215 cm³/mol. The molecule has 0 saturated heterocycles. The molecule has 6 aromatic rings. The largest absolute Gasteiger partial charge is 0.339 e. The number of nitriles is 2. The summed E-state index contributed by atoms with van der Waals surface area (Å²) in [5.74, 6) is 0.0654. The van der Waals surface area contributed by atoms with Crippen LogP contribution in [0.1, 0.15) is 16.7 Å². The molecule has 0 saturated carbocycles. The van der Waals surface area contributed by atoms with Gasteiger partial charge in [0, 0.05) is 32.6 Å². The van der Waals surface area contributed by atoms with Crippen molar-refractivity contribution in [3.63, 3.8) is 0 Å². The van der Waals surface area contributed by atoms with E-state index in [0.717, 1.165) is 41.7 Å². The number of hydrogen-bond acceptors (Lipinski definition) is 20. The molecule has 0 radical (unpaired) electrons. The minimum Gasteiger partial charge on any atom is -0.339 e. The van der Waals surface area contributed by atoms with Crippen LogP contribution in [-0.2, 0) is 39.7 Å². The lowest BCUT2D eigenvalue weighted by atomic mass is 10.1. The molecule has 0 aliphatic heterocycles. The lowest BCUT2D eigenvalue weighted by Crippen LogP contribution is -2.04. The van der Waals surface area contributed by atoms with E-state index < -0.39 is 40.1 Å². The van der Waals surface area contributed by atoms with Gasteiger partial charge in [0.2, 0.25) is 0 Å². The second-order valence-corrected chi connectivity index (χ2v) is 17.8. The van der Waals surface area contributed by atoms with Crippen molar-refractivity contribution in [2.75, 3.05) is 10.6 Å². The molecule has 0 unspecified atom stereocenters. The number of pyridine rings is 1. The Kier molecular flexibility index (Phi) is 12.7. The zero-order valence-corrected chi connectivity index (χ0v) is 33.9. The molecule has 0 aliphatic carbocycles. The summed E-state index contributed by atoms with van der Waals surface area (Å²) >= 11 is 1.53. The van der Waals surface area contributed by atoms with Crippen LogP contribution < -0.4 is 10.6 Å². The Morgan fingerprint density at radius 2 is 1.38 bits per heavy atom. The number of aromatic nitrogens is 1. The van der Waals surface area contributed by atoms with E-state index in [-0.39, 0.29) is 65.4 Å². The molecule has 0 atom stereocenters. The van der Waals surface area contributed by atoms with Crippen LogP contribution in [0.3, 0.4) is 0 Å². The zero-order valence-electron chi connectivity index (χ0n) is 29.8. The number of fused-ring (bicyclic) bond motifs is 1. The fourth-order valence-electron chi connectivity index (χ4n) is 5.34. The van der Waals surface area contributed by atoms with Gasteiger partial charge in [0.1, 0.15) is 32.6 Å².